The predicted octanol–water partition coefficient (Wildman–Crippen LogP) is 4.93. The van der Waals surface area contributed by atoms with Crippen molar-refractivity contribution in [3.63, 3.8) is 0 Å². The number of likely N-dealkylation sites (tertiary alicyclic amines) is 1. The molecule has 1 aliphatic rings. The normalized spacial score (nSPS) is 17.7. The monoisotopic (exact) mass is 389 g/mol. The van der Waals surface area contributed by atoms with Gasteiger partial charge in [-0.1, -0.05) is 32.6 Å². The van der Waals surface area contributed by atoms with Crippen molar-refractivity contribution in [3.8, 4) is 11.1 Å². The molecular formula is C24H31N5. The number of nitrogens with one attached hydrogen (secondary N) is 1. The Balaban J connectivity index is 1.49. The first-order valence-electron chi connectivity index (χ1n) is 10.5. The molecule has 0 radical (unpaired) electrons. The number of fused-ring (bicyclic) bond motifs is 1. The maximum atomic E-state index is 4.61. The van der Waals surface area contributed by atoms with Gasteiger partial charge in [0.15, 0.2) is 0 Å². The lowest BCUT2D eigenvalue weighted by Gasteiger charge is -2.34. The summed E-state index contributed by atoms with van der Waals surface area (Å²) in [7, 11) is 1.94. The fourth-order valence-corrected chi connectivity index (χ4v) is 4.25. The molecule has 1 aliphatic heterocycles. The van der Waals surface area contributed by atoms with Gasteiger partial charge in [0.2, 0.25) is 0 Å². The first-order valence-corrected chi connectivity index (χ1v) is 10.5. The number of hydrogen-bond acceptors (Lipinski definition) is 4. The lowest BCUT2D eigenvalue weighted by Crippen LogP contribution is -2.39. The highest BCUT2D eigenvalue weighted by Gasteiger charge is 2.22. The first-order chi connectivity index (χ1) is 14.0. The number of pyridine rings is 1. The van der Waals surface area contributed by atoms with Gasteiger partial charge in [-0.3, -0.25) is 4.68 Å². The van der Waals surface area contributed by atoms with E-state index in [4.69, 9.17) is 0 Å². The Kier molecular flexibility index (Phi) is 5.67. The van der Waals surface area contributed by atoms with Gasteiger partial charge in [-0.25, -0.2) is 4.98 Å². The largest absolute Gasteiger partial charge is 0.344 e. The predicted molar refractivity (Wildman–Crippen MR) is 121 cm³/mol. The van der Waals surface area contributed by atoms with Gasteiger partial charge < -0.3 is 10.2 Å². The smallest absolute Gasteiger partial charge is 0.130 e. The zero-order valence-corrected chi connectivity index (χ0v) is 17.7. The molecule has 1 atom stereocenters. The summed E-state index contributed by atoms with van der Waals surface area (Å²) in [6.45, 7) is 12.4. The number of aromatic nitrogens is 3. The van der Waals surface area contributed by atoms with E-state index in [-0.39, 0.29) is 0 Å². The maximum absolute atomic E-state index is 4.61. The Hall–Kier alpha value is -2.66. The Bertz CT molecular complexity index is 1000. The van der Waals surface area contributed by atoms with Crippen LogP contribution in [0.15, 0.2) is 55.1 Å². The quantitative estimate of drug-likeness (QED) is 0.649. The van der Waals surface area contributed by atoms with E-state index in [9.17, 15) is 0 Å². The van der Waals surface area contributed by atoms with Crippen molar-refractivity contribution >= 4 is 16.6 Å². The topological polar surface area (TPSA) is 46.0 Å². The fraction of sp³-hybridized carbons (Fsp3) is 0.417. The number of piperidine rings is 1. The maximum Gasteiger partial charge on any atom is 0.130 e. The first kappa shape index (κ1) is 19.6. The molecule has 1 aromatic carbocycles. The third kappa shape index (κ3) is 4.67. The zero-order chi connectivity index (χ0) is 20.4. The highest BCUT2D eigenvalue weighted by Crippen LogP contribution is 2.27. The minimum Gasteiger partial charge on any atom is -0.344 e. The highest BCUT2D eigenvalue weighted by atomic mass is 15.2. The molecule has 2 aromatic heterocycles. The molecule has 0 bridgehead atoms. The average Bonchev–Trinajstić information content (AvgIpc) is 3.13. The van der Waals surface area contributed by atoms with Gasteiger partial charge in [0.25, 0.3) is 0 Å². The third-order valence-corrected chi connectivity index (χ3v) is 5.67. The van der Waals surface area contributed by atoms with E-state index < -0.39 is 0 Å². The molecule has 1 N–H and O–H groups in total. The van der Waals surface area contributed by atoms with Crippen LogP contribution in [0, 0.1) is 11.8 Å². The SMILES string of the molecule is C=C(Nc1cc2cc(-c3cnn(C)c3)ccc2cn1)C1CCCN(CC(C)C)C1. The van der Waals surface area contributed by atoms with Gasteiger partial charge in [-0.05, 0) is 48.4 Å². The van der Waals surface area contributed by atoms with Crippen molar-refractivity contribution in [2.24, 2.45) is 18.9 Å². The zero-order valence-electron chi connectivity index (χ0n) is 17.7. The molecule has 3 aromatic rings. The highest BCUT2D eigenvalue weighted by molar-refractivity contribution is 5.88. The van der Waals surface area contributed by atoms with Crippen LogP contribution in [0.3, 0.4) is 0 Å². The Labute approximate surface area is 173 Å². The van der Waals surface area contributed by atoms with E-state index >= 15 is 0 Å². The van der Waals surface area contributed by atoms with Crippen LogP contribution in [0.2, 0.25) is 0 Å². The van der Waals surface area contributed by atoms with E-state index in [2.05, 4.69) is 65.0 Å². The molecule has 0 spiro atoms. The molecule has 0 amide bonds. The average molecular weight is 390 g/mol. The number of aryl methyl sites for hydroxylation is 1. The Morgan fingerprint density at radius 3 is 2.83 bits per heavy atom. The van der Waals surface area contributed by atoms with Crippen molar-refractivity contribution in [3.05, 3.63) is 55.1 Å². The summed E-state index contributed by atoms with van der Waals surface area (Å²) in [4.78, 5) is 7.18. The van der Waals surface area contributed by atoms with E-state index in [1.807, 2.05) is 30.3 Å². The molecule has 0 saturated carbocycles. The van der Waals surface area contributed by atoms with Crippen LogP contribution < -0.4 is 5.32 Å². The molecule has 1 fully saturated rings. The van der Waals surface area contributed by atoms with Crippen LogP contribution in [0.1, 0.15) is 26.7 Å². The fourth-order valence-electron chi connectivity index (χ4n) is 4.25. The summed E-state index contributed by atoms with van der Waals surface area (Å²) < 4.78 is 1.83. The van der Waals surface area contributed by atoms with Crippen LogP contribution >= 0.6 is 0 Å². The van der Waals surface area contributed by atoms with E-state index in [1.54, 1.807) is 0 Å². The van der Waals surface area contributed by atoms with Gasteiger partial charge in [-0.2, -0.15) is 5.10 Å². The number of anilines is 1. The summed E-state index contributed by atoms with van der Waals surface area (Å²) in [6.07, 6.45) is 8.30. The van der Waals surface area contributed by atoms with Crippen molar-refractivity contribution < 1.29 is 0 Å². The molecule has 29 heavy (non-hydrogen) atoms. The Morgan fingerprint density at radius 2 is 2.07 bits per heavy atom. The Morgan fingerprint density at radius 1 is 1.21 bits per heavy atom. The van der Waals surface area contributed by atoms with Crippen molar-refractivity contribution in [2.45, 2.75) is 26.7 Å². The van der Waals surface area contributed by atoms with Crippen molar-refractivity contribution in [2.75, 3.05) is 25.0 Å². The van der Waals surface area contributed by atoms with Crippen molar-refractivity contribution in [1.82, 2.24) is 19.7 Å². The lowest BCUT2D eigenvalue weighted by atomic mass is 9.94. The van der Waals surface area contributed by atoms with Gasteiger partial charge >= 0.3 is 0 Å². The summed E-state index contributed by atoms with van der Waals surface area (Å²) >= 11 is 0. The molecular weight excluding hydrogens is 358 g/mol. The summed E-state index contributed by atoms with van der Waals surface area (Å²) in [5.74, 6) is 2.04. The number of benzene rings is 1. The molecule has 1 unspecified atom stereocenters. The minimum atomic E-state index is 0.474. The number of hydrogen-bond donors (Lipinski definition) is 1. The van der Waals surface area contributed by atoms with E-state index in [1.165, 1.54) is 24.8 Å². The molecule has 1 saturated heterocycles. The van der Waals surface area contributed by atoms with Gasteiger partial charge in [0, 0.05) is 55.1 Å². The minimum absolute atomic E-state index is 0.474. The second kappa shape index (κ2) is 8.37. The summed E-state index contributed by atoms with van der Waals surface area (Å²) in [6, 6.07) is 8.56. The number of rotatable bonds is 6. The van der Waals surface area contributed by atoms with Gasteiger partial charge in [0.05, 0.1) is 6.20 Å². The third-order valence-electron chi connectivity index (χ3n) is 5.67. The van der Waals surface area contributed by atoms with E-state index in [0.29, 0.717) is 11.8 Å². The molecule has 5 heteroatoms. The molecule has 152 valence electrons. The van der Waals surface area contributed by atoms with Crippen LogP contribution in [-0.4, -0.2) is 39.3 Å². The molecule has 3 heterocycles. The molecule has 0 aliphatic carbocycles. The summed E-state index contributed by atoms with van der Waals surface area (Å²) in [5, 5.41) is 10.1. The van der Waals surface area contributed by atoms with Crippen molar-refractivity contribution in [1.29, 1.82) is 0 Å². The summed E-state index contributed by atoms with van der Waals surface area (Å²) in [5.41, 5.74) is 3.37. The second-order valence-electron chi connectivity index (χ2n) is 8.68. The van der Waals surface area contributed by atoms with Gasteiger partial charge in [-0.15, -0.1) is 0 Å². The van der Waals surface area contributed by atoms with Crippen LogP contribution in [-0.2, 0) is 7.05 Å². The lowest BCUT2D eigenvalue weighted by molar-refractivity contribution is 0.174. The van der Waals surface area contributed by atoms with Crippen LogP contribution in [0.25, 0.3) is 21.9 Å². The standard InChI is InChI=1S/C24H31N5/c1-17(2)14-29-9-5-6-21(16-29)18(3)27-24-11-22-10-19(7-8-20(22)12-25-24)23-13-26-28(4)15-23/h7-8,10-13,15,17,21H,3,5-6,9,14,16H2,1-2,4H3,(H,25,27). The van der Waals surface area contributed by atoms with Crippen LogP contribution in [0.4, 0.5) is 5.82 Å². The molecule has 5 nitrogen and oxygen atoms in total. The van der Waals surface area contributed by atoms with Gasteiger partial charge in [0.1, 0.15) is 5.82 Å². The molecule has 4 rings (SSSR count). The van der Waals surface area contributed by atoms with Crippen LogP contribution in [0.5, 0.6) is 0 Å². The second-order valence-corrected chi connectivity index (χ2v) is 8.68. The number of nitrogens with zero attached hydrogens (tertiary/aromatic N) is 4. The van der Waals surface area contributed by atoms with E-state index in [0.717, 1.165) is 41.1 Å².